The van der Waals surface area contributed by atoms with Crippen molar-refractivity contribution in [2.75, 3.05) is 12.7 Å². The van der Waals surface area contributed by atoms with Crippen molar-refractivity contribution < 1.29 is 5.11 Å². The van der Waals surface area contributed by atoms with Crippen molar-refractivity contribution in [1.82, 2.24) is 5.32 Å². The van der Waals surface area contributed by atoms with E-state index in [0.717, 1.165) is 0 Å². The Bertz CT molecular complexity index is 17.1. The van der Waals surface area contributed by atoms with Gasteiger partial charge in [0, 0.05) is 0 Å². The van der Waals surface area contributed by atoms with Crippen molar-refractivity contribution >= 4 is 11.6 Å². The number of halogens is 1. The van der Waals surface area contributed by atoms with Crippen LogP contribution >= 0.6 is 11.6 Å². The highest BCUT2D eigenvalue weighted by atomic mass is 35.5. The molecule has 0 heterocycles. The first-order valence-corrected chi connectivity index (χ1v) is 1.83. The van der Waals surface area contributed by atoms with Crippen molar-refractivity contribution in [2.45, 2.75) is 0 Å². The van der Waals surface area contributed by atoms with Crippen LogP contribution in [-0.2, 0) is 0 Å². The molecule has 0 unspecified atom stereocenters. The number of alkyl halides is 1. The molecular formula is C2H6ClNO. The van der Waals surface area contributed by atoms with Crippen LogP contribution in [0.25, 0.3) is 0 Å². The summed E-state index contributed by atoms with van der Waals surface area (Å²) in [7, 11) is 0. The minimum atomic E-state index is -0.0382. The van der Waals surface area contributed by atoms with Crippen molar-refractivity contribution in [3.8, 4) is 0 Å². The number of rotatable bonds is 2. The van der Waals surface area contributed by atoms with Gasteiger partial charge in [0.05, 0.1) is 12.7 Å². The van der Waals surface area contributed by atoms with Gasteiger partial charge in [-0.05, 0) is 0 Å². The Balaban J connectivity index is 2.19. The summed E-state index contributed by atoms with van der Waals surface area (Å²) >= 11 is 5.03. The Labute approximate surface area is 35.8 Å². The Morgan fingerprint density at radius 1 is 1.80 bits per heavy atom. The van der Waals surface area contributed by atoms with Crippen molar-refractivity contribution in [3.63, 3.8) is 0 Å². The number of nitrogens with one attached hydrogen (secondary N) is 1. The highest BCUT2D eigenvalue weighted by Crippen LogP contribution is 1.59. The Morgan fingerprint density at radius 3 is 2.40 bits per heavy atom. The van der Waals surface area contributed by atoms with Gasteiger partial charge in [0.1, 0.15) is 0 Å². The molecule has 0 bridgehead atoms. The van der Waals surface area contributed by atoms with Crippen LogP contribution in [0.1, 0.15) is 0 Å². The minimum absolute atomic E-state index is 0.0382. The second-order valence-corrected chi connectivity index (χ2v) is 0.809. The van der Waals surface area contributed by atoms with Crippen LogP contribution in [0.5, 0.6) is 0 Å². The average Bonchev–Trinajstić information content (AvgIpc) is 1.41. The molecule has 0 aromatic heterocycles. The first kappa shape index (κ1) is 5.21. The lowest BCUT2D eigenvalue weighted by atomic mass is 11.2. The van der Waals surface area contributed by atoms with E-state index in [9.17, 15) is 0 Å². The van der Waals surface area contributed by atoms with Crippen LogP contribution in [0.15, 0.2) is 0 Å². The maximum Gasteiger partial charge on any atom is 0.0940 e. The fraction of sp³-hybridized carbons (Fsp3) is 1.00. The van der Waals surface area contributed by atoms with Crippen molar-refractivity contribution in [3.05, 3.63) is 0 Å². The maximum absolute atomic E-state index is 7.87. The fourth-order valence-corrected chi connectivity index (χ4v) is 0.127. The maximum atomic E-state index is 7.87. The lowest BCUT2D eigenvalue weighted by Crippen LogP contribution is -2.10. The lowest BCUT2D eigenvalue weighted by molar-refractivity contribution is 0.270. The number of aliphatic hydroxyl groups is 1. The molecule has 0 aliphatic carbocycles. The first-order chi connectivity index (χ1) is 2.41. The number of hydrogen-bond acceptors (Lipinski definition) is 2. The quantitative estimate of drug-likeness (QED) is 0.281. The Kier molecular flexibility index (Phi) is 4.39. The summed E-state index contributed by atoms with van der Waals surface area (Å²) in [6.45, 7) is -0.0382. The Hall–Kier alpha value is 0.210. The predicted octanol–water partition coefficient (Wildman–Crippen LogP) is -0.278. The number of hydrogen-bond donors (Lipinski definition) is 2. The molecule has 0 aliphatic heterocycles. The van der Waals surface area contributed by atoms with E-state index < -0.39 is 0 Å². The zero-order valence-electron chi connectivity index (χ0n) is 2.74. The normalized spacial score (nSPS) is 8.40. The molecule has 0 saturated heterocycles. The third-order valence-corrected chi connectivity index (χ3v) is 0.395. The third-order valence-electron chi connectivity index (χ3n) is 0.206. The third kappa shape index (κ3) is 4.21. The Morgan fingerprint density at radius 2 is 2.40 bits per heavy atom. The first-order valence-electron chi connectivity index (χ1n) is 1.29. The summed E-state index contributed by atoms with van der Waals surface area (Å²) in [5.41, 5.74) is 0. The van der Waals surface area contributed by atoms with Gasteiger partial charge in [0.15, 0.2) is 0 Å². The smallest absolute Gasteiger partial charge is 0.0940 e. The molecule has 0 spiro atoms. The van der Waals surface area contributed by atoms with Crippen LogP contribution in [0.3, 0.4) is 0 Å². The van der Waals surface area contributed by atoms with Crippen LogP contribution in [0, 0.1) is 0 Å². The predicted molar refractivity (Wildman–Crippen MR) is 20.9 cm³/mol. The highest BCUT2D eigenvalue weighted by Gasteiger charge is 1.65. The monoisotopic (exact) mass is 95.0 g/mol. The number of aliphatic hydroxyl groups excluding tert-OH is 1. The van der Waals surface area contributed by atoms with E-state index in [1.807, 2.05) is 0 Å². The molecule has 5 heavy (non-hydrogen) atoms. The molecule has 3 heteroatoms. The molecule has 0 aromatic rings. The van der Waals surface area contributed by atoms with E-state index in [0.29, 0.717) is 6.00 Å². The summed E-state index contributed by atoms with van der Waals surface area (Å²) in [6.07, 6.45) is 0. The summed E-state index contributed by atoms with van der Waals surface area (Å²) in [6, 6.07) is 0.316. The molecule has 0 aliphatic rings. The molecule has 2 N–H and O–H groups in total. The molecular weight excluding hydrogens is 89.5 g/mol. The van der Waals surface area contributed by atoms with Gasteiger partial charge in [0.25, 0.3) is 0 Å². The highest BCUT2D eigenvalue weighted by molar-refractivity contribution is 6.17. The topological polar surface area (TPSA) is 32.3 Å². The molecule has 0 amide bonds. The van der Waals surface area contributed by atoms with E-state index in [4.69, 9.17) is 16.7 Å². The second kappa shape index (κ2) is 4.21. The van der Waals surface area contributed by atoms with Gasteiger partial charge in [-0.2, -0.15) is 0 Å². The zero-order valence-corrected chi connectivity index (χ0v) is 3.50. The van der Waals surface area contributed by atoms with E-state index in [-0.39, 0.29) is 6.73 Å². The van der Waals surface area contributed by atoms with Gasteiger partial charge in [-0.1, -0.05) is 0 Å². The molecule has 0 aromatic carbocycles. The average molecular weight is 95.5 g/mol. The molecule has 0 rings (SSSR count). The van der Waals surface area contributed by atoms with Crippen LogP contribution < -0.4 is 5.32 Å². The SMILES string of the molecule is OCNCCl. The van der Waals surface area contributed by atoms with Crippen LogP contribution in [-0.4, -0.2) is 17.8 Å². The van der Waals surface area contributed by atoms with Gasteiger partial charge in [-0.25, -0.2) is 0 Å². The minimum Gasteiger partial charge on any atom is -0.381 e. The van der Waals surface area contributed by atoms with Gasteiger partial charge in [-0.3, -0.25) is 5.32 Å². The van der Waals surface area contributed by atoms with Crippen molar-refractivity contribution in [2.24, 2.45) is 0 Å². The summed E-state index contributed by atoms with van der Waals surface area (Å²) in [5, 5.41) is 10.3. The van der Waals surface area contributed by atoms with Gasteiger partial charge in [0.2, 0.25) is 0 Å². The molecule has 0 radical (unpaired) electrons. The standard InChI is InChI=1S/C2H6ClNO/c3-1-4-2-5/h4-5H,1-2H2. The molecule has 0 fully saturated rings. The van der Waals surface area contributed by atoms with Gasteiger partial charge in [-0.15, -0.1) is 11.6 Å². The van der Waals surface area contributed by atoms with Gasteiger partial charge < -0.3 is 5.11 Å². The van der Waals surface area contributed by atoms with Crippen LogP contribution in [0.2, 0.25) is 0 Å². The van der Waals surface area contributed by atoms with E-state index >= 15 is 0 Å². The summed E-state index contributed by atoms with van der Waals surface area (Å²) < 4.78 is 0. The zero-order chi connectivity index (χ0) is 4.12. The second-order valence-electron chi connectivity index (χ2n) is 0.542. The van der Waals surface area contributed by atoms with E-state index in [2.05, 4.69) is 5.32 Å². The molecule has 2 nitrogen and oxygen atoms in total. The molecule has 0 saturated carbocycles. The lowest BCUT2D eigenvalue weighted by Gasteiger charge is -1.84. The molecule has 32 valence electrons. The fourth-order valence-electron chi connectivity index (χ4n) is 0.0423. The van der Waals surface area contributed by atoms with E-state index in [1.54, 1.807) is 0 Å². The van der Waals surface area contributed by atoms with E-state index in [1.165, 1.54) is 0 Å². The van der Waals surface area contributed by atoms with Gasteiger partial charge >= 0.3 is 0 Å². The largest absolute Gasteiger partial charge is 0.381 e. The van der Waals surface area contributed by atoms with Crippen molar-refractivity contribution in [1.29, 1.82) is 0 Å². The van der Waals surface area contributed by atoms with Crippen LogP contribution in [0.4, 0.5) is 0 Å². The summed E-state index contributed by atoms with van der Waals surface area (Å²) in [5.74, 6) is 0. The summed E-state index contributed by atoms with van der Waals surface area (Å²) in [4.78, 5) is 0. The molecule has 0 atom stereocenters.